The van der Waals surface area contributed by atoms with Gasteiger partial charge in [-0.05, 0) is 15.9 Å². The topological polar surface area (TPSA) is 47.9 Å². The Morgan fingerprint density at radius 1 is 1.41 bits per heavy atom. The van der Waals surface area contributed by atoms with Crippen LogP contribution in [0.1, 0.15) is 12.0 Å². The third-order valence-electron chi connectivity index (χ3n) is 2.61. The summed E-state index contributed by atoms with van der Waals surface area (Å²) < 4.78 is 17.5. The van der Waals surface area contributed by atoms with Gasteiger partial charge in [0, 0.05) is 31.1 Å². The molecule has 1 aromatic rings. The lowest BCUT2D eigenvalue weighted by atomic mass is 10.1. The van der Waals surface area contributed by atoms with Crippen molar-refractivity contribution in [1.82, 2.24) is 0 Å². The Labute approximate surface area is 109 Å². The van der Waals surface area contributed by atoms with Crippen molar-refractivity contribution in [3.05, 3.63) is 16.1 Å². The Hall–Kier alpha value is -0.940. The third-order valence-corrected chi connectivity index (χ3v) is 3.19. The van der Waals surface area contributed by atoms with Crippen LogP contribution in [0.4, 0.5) is 0 Å². The van der Waals surface area contributed by atoms with Crippen LogP contribution in [0, 0.1) is 0 Å². The Morgan fingerprint density at radius 3 is 2.88 bits per heavy atom. The van der Waals surface area contributed by atoms with Crippen LogP contribution in [0.3, 0.4) is 0 Å². The van der Waals surface area contributed by atoms with Gasteiger partial charge in [-0.2, -0.15) is 0 Å². The summed E-state index contributed by atoms with van der Waals surface area (Å²) in [5.74, 6) is 2.10. The van der Waals surface area contributed by atoms with Gasteiger partial charge in [0.25, 0.3) is 0 Å². The smallest absolute Gasteiger partial charge is 0.168 e. The highest BCUT2D eigenvalue weighted by Crippen LogP contribution is 2.44. The van der Waals surface area contributed by atoms with Crippen LogP contribution in [0.2, 0.25) is 0 Å². The lowest BCUT2D eigenvalue weighted by Gasteiger charge is -2.17. The number of ether oxygens (including phenoxy) is 3. The largest absolute Gasteiger partial charge is 0.495 e. The van der Waals surface area contributed by atoms with E-state index >= 15 is 0 Å². The van der Waals surface area contributed by atoms with E-state index in [1.165, 1.54) is 0 Å². The molecule has 0 unspecified atom stereocenters. The van der Waals surface area contributed by atoms with Crippen LogP contribution in [0.5, 0.6) is 17.2 Å². The van der Waals surface area contributed by atoms with Crippen LogP contribution >= 0.6 is 15.9 Å². The average Bonchev–Trinajstić information content (AvgIpc) is 2.54. The monoisotopic (exact) mass is 302 g/mol. The van der Waals surface area contributed by atoms with Crippen LogP contribution in [-0.4, -0.2) is 32.0 Å². The van der Waals surface area contributed by atoms with Crippen LogP contribution in [-0.2, 0) is 6.42 Å². The van der Waals surface area contributed by atoms with Gasteiger partial charge in [-0.15, -0.1) is 0 Å². The Kier molecular flexibility index (Phi) is 4.12. The molecule has 0 amide bonds. The summed E-state index contributed by atoms with van der Waals surface area (Å²) in [6.07, 6.45) is 1.33. The van der Waals surface area contributed by atoms with E-state index in [9.17, 15) is 0 Å². The number of aliphatic hydroxyl groups excluding tert-OH is 1. The first-order valence-electron chi connectivity index (χ1n) is 5.53. The van der Waals surface area contributed by atoms with Crippen molar-refractivity contribution in [2.45, 2.75) is 12.8 Å². The van der Waals surface area contributed by atoms with E-state index < -0.39 is 0 Å². The van der Waals surface area contributed by atoms with Gasteiger partial charge < -0.3 is 19.3 Å². The lowest BCUT2D eigenvalue weighted by molar-refractivity contribution is 0.283. The van der Waals surface area contributed by atoms with Gasteiger partial charge in [0.15, 0.2) is 11.5 Å². The fourth-order valence-corrected chi connectivity index (χ4v) is 2.49. The molecule has 0 atom stereocenters. The number of rotatable bonds is 3. The molecule has 94 valence electrons. The number of methoxy groups -OCH3 is 1. The van der Waals surface area contributed by atoms with Gasteiger partial charge in [-0.1, -0.05) is 0 Å². The third kappa shape index (κ3) is 2.50. The number of fused-ring (bicyclic) bond motifs is 1. The summed E-state index contributed by atoms with van der Waals surface area (Å²) in [6, 6.07) is 1.85. The maximum absolute atomic E-state index is 9.14. The van der Waals surface area contributed by atoms with E-state index in [0.29, 0.717) is 36.9 Å². The molecule has 1 aromatic carbocycles. The van der Waals surface area contributed by atoms with Crippen molar-refractivity contribution in [3.63, 3.8) is 0 Å². The van der Waals surface area contributed by atoms with E-state index in [-0.39, 0.29) is 6.61 Å². The summed E-state index contributed by atoms with van der Waals surface area (Å²) in [5.41, 5.74) is 0.848. The van der Waals surface area contributed by atoms with Gasteiger partial charge in [-0.25, -0.2) is 0 Å². The maximum atomic E-state index is 9.14. The molecule has 0 saturated heterocycles. The predicted molar refractivity (Wildman–Crippen MR) is 67.1 cm³/mol. The molecule has 1 N–H and O–H groups in total. The summed E-state index contributed by atoms with van der Waals surface area (Å²) >= 11 is 3.44. The highest BCUT2D eigenvalue weighted by Gasteiger charge is 2.21. The predicted octanol–water partition coefficient (Wildman–Crippen LogP) is 2.15. The molecule has 0 aromatic heterocycles. The average molecular weight is 303 g/mol. The van der Waals surface area contributed by atoms with E-state index in [0.717, 1.165) is 16.5 Å². The summed E-state index contributed by atoms with van der Waals surface area (Å²) in [5, 5.41) is 9.14. The van der Waals surface area contributed by atoms with Crippen LogP contribution < -0.4 is 14.2 Å². The van der Waals surface area contributed by atoms with Gasteiger partial charge in [-0.3, -0.25) is 0 Å². The van der Waals surface area contributed by atoms with E-state index in [1.807, 2.05) is 6.07 Å². The maximum Gasteiger partial charge on any atom is 0.168 e. The normalized spacial score (nSPS) is 14.3. The van der Waals surface area contributed by atoms with Gasteiger partial charge in [0.2, 0.25) is 0 Å². The molecule has 0 fully saturated rings. The Balaban J connectivity index is 2.53. The SMILES string of the molecule is COc1c(Br)cc2c(c1CCO)OCCCO2. The second kappa shape index (κ2) is 5.60. The zero-order valence-electron chi connectivity index (χ0n) is 9.66. The molecule has 0 radical (unpaired) electrons. The second-order valence-corrected chi connectivity index (χ2v) is 4.58. The molecule has 1 aliphatic heterocycles. The van der Waals surface area contributed by atoms with Crippen molar-refractivity contribution in [2.75, 3.05) is 26.9 Å². The van der Waals surface area contributed by atoms with E-state index in [2.05, 4.69) is 15.9 Å². The van der Waals surface area contributed by atoms with Crippen molar-refractivity contribution < 1.29 is 19.3 Å². The molecule has 0 bridgehead atoms. The van der Waals surface area contributed by atoms with Gasteiger partial charge in [0.1, 0.15) is 5.75 Å². The quantitative estimate of drug-likeness (QED) is 0.929. The molecule has 2 rings (SSSR count). The first kappa shape index (κ1) is 12.5. The lowest BCUT2D eigenvalue weighted by Crippen LogP contribution is -2.03. The Bertz CT molecular complexity index is 406. The van der Waals surface area contributed by atoms with E-state index in [4.69, 9.17) is 19.3 Å². The second-order valence-electron chi connectivity index (χ2n) is 3.72. The van der Waals surface area contributed by atoms with E-state index in [1.54, 1.807) is 7.11 Å². The first-order valence-corrected chi connectivity index (χ1v) is 6.33. The first-order chi connectivity index (χ1) is 8.27. The molecule has 0 aliphatic carbocycles. The minimum absolute atomic E-state index is 0.0443. The number of halogens is 1. The molecule has 1 aliphatic rings. The van der Waals surface area contributed by atoms with Crippen LogP contribution in [0.25, 0.3) is 0 Å². The number of hydrogen-bond acceptors (Lipinski definition) is 4. The Morgan fingerprint density at radius 2 is 2.18 bits per heavy atom. The zero-order valence-corrected chi connectivity index (χ0v) is 11.2. The van der Waals surface area contributed by atoms with Crippen LogP contribution in [0.15, 0.2) is 10.5 Å². The summed E-state index contributed by atoms with van der Waals surface area (Å²) in [7, 11) is 1.60. The fourth-order valence-electron chi connectivity index (χ4n) is 1.88. The minimum Gasteiger partial charge on any atom is -0.495 e. The number of aliphatic hydroxyl groups is 1. The molecule has 1 heterocycles. The van der Waals surface area contributed by atoms with Crippen molar-refractivity contribution >= 4 is 15.9 Å². The molecule has 17 heavy (non-hydrogen) atoms. The number of benzene rings is 1. The molecule has 4 nitrogen and oxygen atoms in total. The van der Waals surface area contributed by atoms with Gasteiger partial charge in [0.05, 0.1) is 24.8 Å². The fraction of sp³-hybridized carbons (Fsp3) is 0.500. The highest BCUT2D eigenvalue weighted by atomic mass is 79.9. The molecule has 0 spiro atoms. The summed E-state index contributed by atoms with van der Waals surface area (Å²) in [4.78, 5) is 0. The van der Waals surface area contributed by atoms with Gasteiger partial charge >= 0.3 is 0 Å². The van der Waals surface area contributed by atoms with Crippen molar-refractivity contribution in [1.29, 1.82) is 0 Å². The summed E-state index contributed by atoms with van der Waals surface area (Å²) in [6.45, 7) is 1.31. The minimum atomic E-state index is 0.0443. The number of hydrogen-bond donors (Lipinski definition) is 1. The standard InChI is InChI=1S/C12H15BrO4/c1-15-11-8(3-4-14)12-10(7-9(11)13)16-5-2-6-17-12/h7,14H,2-6H2,1H3. The molecule has 5 heteroatoms. The van der Waals surface area contributed by atoms with Crippen molar-refractivity contribution in [3.8, 4) is 17.2 Å². The molecular weight excluding hydrogens is 288 g/mol. The zero-order chi connectivity index (χ0) is 12.3. The molecule has 0 saturated carbocycles. The molecular formula is C12H15BrO4. The highest BCUT2D eigenvalue weighted by molar-refractivity contribution is 9.10. The van der Waals surface area contributed by atoms with Crippen molar-refractivity contribution in [2.24, 2.45) is 0 Å².